The second-order valence-electron chi connectivity index (χ2n) is 3.53. The summed E-state index contributed by atoms with van der Waals surface area (Å²) in [4.78, 5) is 0. The minimum Gasteiger partial charge on any atom is -0.508 e. The van der Waals surface area contributed by atoms with Crippen LogP contribution in [0.25, 0.3) is 0 Å². The largest absolute Gasteiger partial charge is 0.508 e. The van der Waals surface area contributed by atoms with E-state index in [-0.39, 0.29) is 29.9 Å². The molecule has 0 fully saturated rings. The molecule has 0 saturated heterocycles. The number of nitrogens with two attached hydrogens (primary N) is 1. The summed E-state index contributed by atoms with van der Waals surface area (Å²) in [5, 5.41) is 18.5. The first kappa shape index (κ1) is 14.1. The molecule has 0 aromatic heterocycles. The van der Waals surface area contributed by atoms with E-state index in [1.165, 1.54) is 6.07 Å². The van der Waals surface area contributed by atoms with Crippen molar-refractivity contribution in [1.82, 2.24) is 0 Å². The molecular weight excluding hydrogens is 214 g/mol. The molecule has 0 amide bonds. The topological polar surface area (TPSA) is 66.5 Å². The van der Waals surface area contributed by atoms with Gasteiger partial charge < -0.3 is 15.9 Å². The van der Waals surface area contributed by atoms with E-state index in [2.05, 4.69) is 6.92 Å². The van der Waals surface area contributed by atoms with Gasteiger partial charge in [-0.3, -0.25) is 0 Å². The van der Waals surface area contributed by atoms with E-state index in [0.29, 0.717) is 0 Å². The highest BCUT2D eigenvalue weighted by Gasteiger charge is 2.07. The maximum Gasteiger partial charge on any atom is 0.119 e. The number of hydrogen-bond acceptors (Lipinski definition) is 3. The van der Waals surface area contributed by atoms with Crippen molar-refractivity contribution in [2.75, 3.05) is 0 Å². The Morgan fingerprint density at radius 2 is 1.73 bits per heavy atom. The Hall–Kier alpha value is -0.930. The third-order valence-electron chi connectivity index (χ3n) is 2.22. The number of rotatable bonds is 4. The number of aromatic hydroxyl groups is 2. The summed E-state index contributed by atoms with van der Waals surface area (Å²) in [6.07, 6.45) is 3.02. The Morgan fingerprint density at radius 1 is 1.20 bits per heavy atom. The predicted molar refractivity (Wildman–Crippen MR) is 63.5 cm³/mol. The van der Waals surface area contributed by atoms with Gasteiger partial charge in [-0.05, 0) is 24.1 Å². The van der Waals surface area contributed by atoms with Crippen molar-refractivity contribution >= 4 is 12.4 Å². The monoisotopic (exact) mass is 231 g/mol. The van der Waals surface area contributed by atoms with E-state index >= 15 is 0 Å². The van der Waals surface area contributed by atoms with Gasteiger partial charge in [0.15, 0.2) is 0 Å². The van der Waals surface area contributed by atoms with E-state index < -0.39 is 0 Å². The van der Waals surface area contributed by atoms with Crippen LogP contribution in [0.2, 0.25) is 0 Å². The zero-order chi connectivity index (χ0) is 10.6. The van der Waals surface area contributed by atoms with Gasteiger partial charge in [-0.25, -0.2) is 0 Å². The zero-order valence-electron chi connectivity index (χ0n) is 8.81. The van der Waals surface area contributed by atoms with Crippen molar-refractivity contribution < 1.29 is 10.2 Å². The molecule has 15 heavy (non-hydrogen) atoms. The third-order valence-corrected chi connectivity index (χ3v) is 2.22. The van der Waals surface area contributed by atoms with E-state index in [1.807, 2.05) is 0 Å². The van der Waals surface area contributed by atoms with Gasteiger partial charge in [0.2, 0.25) is 0 Å². The molecule has 0 saturated carbocycles. The van der Waals surface area contributed by atoms with E-state index in [0.717, 1.165) is 24.8 Å². The summed E-state index contributed by atoms with van der Waals surface area (Å²) in [6, 6.07) is 4.39. The number of unbranched alkanes of at least 4 members (excludes halogenated alkanes) is 1. The lowest BCUT2D eigenvalue weighted by Gasteiger charge is -2.11. The molecule has 0 heterocycles. The maximum absolute atomic E-state index is 9.25. The molecule has 3 nitrogen and oxygen atoms in total. The minimum absolute atomic E-state index is 0. The molecule has 1 rings (SSSR count). The summed E-state index contributed by atoms with van der Waals surface area (Å²) in [7, 11) is 0. The molecule has 0 aliphatic rings. The van der Waals surface area contributed by atoms with Crippen molar-refractivity contribution in [2.45, 2.75) is 32.2 Å². The Balaban J connectivity index is 0.00000196. The van der Waals surface area contributed by atoms with Gasteiger partial charge in [0.25, 0.3) is 0 Å². The lowest BCUT2D eigenvalue weighted by Crippen LogP contribution is -2.09. The van der Waals surface area contributed by atoms with Crippen LogP contribution in [0, 0.1) is 0 Å². The third kappa shape index (κ3) is 4.40. The van der Waals surface area contributed by atoms with Crippen LogP contribution in [-0.4, -0.2) is 10.2 Å². The lowest BCUT2D eigenvalue weighted by molar-refractivity contribution is 0.447. The van der Waals surface area contributed by atoms with E-state index in [1.54, 1.807) is 12.1 Å². The molecule has 0 bridgehead atoms. The van der Waals surface area contributed by atoms with Gasteiger partial charge in [0, 0.05) is 12.1 Å². The van der Waals surface area contributed by atoms with Gasteiger partial charge in [-0.1, -0.05) is 19.8 Å². The zero-order valence-corrected chi connectivity index (χ0v) is 9.63. The molecule has 4 heteroatoms. The van der Waals surface area contributed by atoms with Crippen LogP contribution in [0.15, 0.2) is 18.2 Å². The predicted octanol–water partition coefficient (Wildman–Crippen LogP) is 2.71. The van der Waals surface area contributed by atoms with Gasteiger partial charge >= 0.3 is 0 Å². The van der Waals surface area contributed by atoms with Gasteiger partial charge in [-0.15, -0.1) is 12.4 Å². The fourth-order valence-electron chi connectivity index (χ4n) is 1.42. The number of phenols is 2. The van der Waals surface area contributed by atoms with E-state index in [4.69, 9.17) is 5.73 Å². The molecule has 0 spiro atoms. The Kier molecular flexibility index (Phi) is 6.13. The molecule has 0 unspecified atom stereocenters. The number of phenolic OH excluding ortho intramolecular Hbond substituents is 2. The minimum atomic E-state index is -0.104. The molecule has 1 atom stereocenters. The molecule has 1 aromatic rings. The quantitative estimate of drug-likeness (QED) is 0.747. The van der Waals surface area contributed by atoms with Crippen LogP contribution in [-0.2, 0) is 0 Å². The first-order valence-corrected chi connectivity index (χ1v) is 4.92. The first-order chi connectivity index (χ1) is 6.63. The van der Waals surface area contributed by atoms with Crippen molar-refractivity contribution in [1.29, 1.82) is 0 Å². The average Bonchev–Trinajstić information content (AvgIpc) is 2.12. The fraction of sp³-hybridized carbons (Fsp3) is 0.455. The number of halogens is 1. The standard InChI is InChI=1S/C11H17NO2.ClH/c1-2-3-4-11(12)8-5-9(13)7-10(14)6-8;/h5-7,11,13-14H,2-4,12H2,1H3;1H/t11-;/m1./s1. The van der Waals surface area contributed by atoms with Crippen molar-refractivity contribution in [3.63, 3.8) is 0 Å². The summed E-state index contributed by atoms with van der Waals surface area (Å²) in [6.45, 7) is 2.10. The summed E-state index contributed by atoms with van der Waals surface area (Å²) in [5.74, 6) is 0.124. The van der Waals surface area contributed by atoms with Crippen LogP contribution in [0.1, 0.15) is 37.8 Å². The second-order valence-corrected chi connectivity index (χ2v) is 3.53. The molecule has 0 radical (unpaired) electrons. The normalized spacial score (nSPS) is 11.9. The Labute approximate surface area is 96.3 Å². The Morgan fingerprint density at radius 3 is 2.20 bits per heavy atom. The van der Waals surface area contributed by atoms with Crippen LogP contribution in [0.4, 0.5) is 0 Å². The van der Waals surface area contributed by atoms with Crippen LogP contribution in [0.5, 0.6) is 11.5 Å². The van der Waals surface area contributed by atoms with Crippen molar-refractivity contribution in [3.8, 4) is 11.5 Å². The number of hydrogen-bond donors (Lipinski definition) is 3. The molecule has 1 aromatic carbocycles. The SMILES string of the molecule is CCCC[C@@H](N)c1cc(O)cc(O)c1.Cl. The summed E-state index contributed by atoms with van der Waals surface area (Å²) in [5.41, 5.74) is 6.68. The van der Waals surface area contributed by atoms with Gasteiger partial charge in [-0.2, -0.15) is 0 Å². The van der Waals surface area contributed by atoms with Crippen molar-refractivity contribution in [2.24, 2.45) is 5.73 Å². The lowest BCUT2D eigenvalue weighted by atomic mass is 10.0. The molecule has 4 N–H and O–H groups in total. The van der Waals surface area contributed by atoms with Crippen molar-refractivity contribution in [3.05, 3.63) is 23.8 Å². The van der Waals surface area contributed by atoms with Crippen LogP contribution < -0.4 is 5.73 Å². The van der Waals surface area contributed by atoms with Gasteiger partial charge in [0.05, 0.1) is 0 Å². The second kappa shape index (κ2) is 6.53. The molecule has 0 aliphatic heterocycles. The van der Waals surface area contributed by atoms with Crippen LogP contribution in [0.3, 0.4) is 0 Å². The highest BCUT2D eigenvalue weighted by Crippen LogP contribution is 2.25. The summed E-state index contributed by atoms with van der Waals surface area (Å²) >= 11 is 0. The van der Waals surface area contributed by atoms with Gasteiger partial charge in [0.1, 0.15) is 11.5 Å². The highest BCUT2D eigenvalue weighted by molar-refractivity contribution is 5.85. The number of benzene rings is 1. The smallest absolute Gasteiger partial charge is 0.119 e. The molecule has 0 aliphatic carbocycles. The fourth-order valence-corrected chi connectivity index (χ4v) is 1.42. The highest BCUT2D eigenvalue weighted by atomic mass is 35.5. The Bertz CT molecular complexity index is 284. The van der Waals surface area contributed by atoms with Crippen LogP contribution >= 0.6 is 12.4 Å². The maximum atomic E-state index is 9.25. The first-order valence-electron chi connectivity index (χ1n) is 4.92. The molecule has 86 valence electrons. The summed E-state index contributed by atoms with van der Waals surface area (Å²) < 4.78 is 0. The molecular formula is C11H18ClNO2. The average molecular weight is 232 g/mol. The van der Waals surface area contributed by atoms with E-state index in [9.17, 15) is 10.2 Å².